The first kappa shape index (κ1) is 12.6. The van der Waals surface area contributed by atoms with Crippen molar-refractivity contribution in [2.75, 3.05) is 0 Å². The Hall–Kier alpha value is -2.42. The van der Waals surface area contributed by atoms with Crippen molar-refractivity contribution in [2.24, 2.45) is 0 Å². The van der Waals surface area contributed by atoms with Crippen molar-refractivity contribution in [3.8, 4) is 0 Å². The number of halogens is 1. The summed E-state index contributed by atoms with van der Waals surface area (Å²) >= 11 is 0. The quantitative estimate of drug-likeness (QED) is 0.695. The lowest BCUT2D eigenvalue weighted by Crippen LogP contribution is -2.03. The number of rotatable bonds is 2. The van der Waals surface area contributed by atoms with E-state index in [-0.39, 0.29) is 5.78 Å². The number of nitrogens with one attached hydrogen (secondary N) is 1. The van der Waals surface area contributed by atoms with Gasteiger partial charge in [-0.15, -0.1) is 0 Å². The highest BCUT2D eigenvalue weighted by molar-refractivity contribution is 6.17. The van der Waals surface area contributed by atoms with E-state index in [1.165, 1.54) is 12.1 Å². The van der Waals surface area contributed by atoms with Crippen molar-refractivity contribution >= 4 is 16.7 Å². The third kappa shape index (κ3) is 2.01. The van der Waals surface area contributed by atoms with Gasteiger partial charge in [-0.25, -0.2) is 4.39 Å². The van der Waals surface area contributed by atoms with Crippen molar-refractivity contribution in [3.05, 3.63) is 70.7 Å². The second kappa shape index (κ2) is 4.60. The highest BCUT2D eigenvalue weighted by Gasteiger charge is 2.18. The van der Waals surface area contributed by atoms with E-state index in [0.717, 1.165) is 22.2 Å². The number of ketones is 1. The maximum atomic E-state index is 13.3. The zero-order valence-corrected chi connectivity index (χ0v) is 11.3. The van der Waals surface area contributed by atoms with E-state index in [0.29, 0.717) is 11.1 Å². The van der Waals surface area contributed by atoms with Gasteiger partial charge >= 0.3 is 0 Å². The van der Waals surface area contributed by atoms with Gasteiger partial charge in [0.1, 0.15) is 5.82 Å². The number of aryl methyl sites for hydroxylation is 2. The van der Waals surface area contributed by atoms with E-state index in [2.05, 4.69) is 4.98 Å². The van der Waals surface area contributed by atoms with Gasteiger partial charge < -0.3 is 4.98 Å². The van der Waals surface area contributed by atoms with E-state index in [9.17, 15) is 9.18 Å². The van der Waals surface area contributed by atoms with Gasteiger partial charge in [-0.1, -0.05) is 23.8 Å². The summed E-state index contributed by atoms with van der Waals surface area (Å²) in [7, 11) is 0. The average molecular weight is 267 g/mol. The number of hydrogen-bond donors (Lipinski definition) is 1. The fourth-order valence-electron chi connectivity index (χ4n) is 2.51. The van der Waals surface area contributed by atoms with Crippen LogP contribution in [0.1, 0.15) is 27.2 Å². The van der Waals surface area contributed by atoms with Gasteiger partial charge in [0.05, 0.1) is 5.56 Å². The molecule has 0 aliphatic carbocycles. The Morgan fingerprint density at radius 2 is 1.90 bits per heavy atom. The molecule has 0 aliphatic rings. The molecule has 1 N–H and O–H groups in total. The molecule has 0 bridgehead atoms. The summed E-state index contributed by atoms with van der Waals surface area (Å²) in [6.45, 7) is 3.85. The zero-order valence-electron chi connectivity index (χ0n) is 11.3. The molecule has 3 aromatic rings. The van der Waals surface area contributed by atoms with Gasteiger partial charge in [0, 0.05) is 22.2 Å². The Bertz CT molecular complexity index is 817. The van der Waals surface area contributed by atoms with Crippen molar-refractivity contribution < 1.29 is 9.18 Å². The molecular formula is C17H14FNO. The zero-order chi connectivity index (χ0) is 14.3. The largest absolute Gasteiger partial charge is 0.358 e. The Labute approximate surface area is 116 Å². The van der Waals surface area contributed by atoms with Crippen LogP contribution >= 0.6 is 0 Å². The van der Waals surface area contributed by atoms with Crippen LogP contribution < -0.4 is 0 Å². The Morgan fingerprint density at radius 3 is 2.65 bits per heavy atom. The molecule has 2 aromatic carbocycles. The molecule has 0 fully saturated rings. The number of hydrogen-bond acceptors (Lipinski definition) is 1. The van der Waals surface area contributed by atoms with Crippen LogP contribution in [0.25, 0.3) is 10.9 Å². The lowest BCUT2D eigenvalue weighted by atomic mass is 9.99. The van der Waals surface area contributed by atoms with Crippen LogP contribution in [-0.2, 0) is 0 Å². The van der Waals surface area contributed by atoms with Crippen molar-refractivity contribution in [1.29, 1.82) is 0 Å². The summed E-state index contributed by atoms with van der Waals surface area (Å²) in [6, 6.07) is 11.7. The minimum absolute atomic E-state index is 0.154. The van der Waals surface area contributed by atoms with Gasteiger partial charge in [0.25, 0.3) is 0 Å². The van der Waals surface area contributed by atoms with E-state index >= 15 is 0 Å². The van der Waals surface area contributed by atoms with Gasteiger partial charge in [0.15, 0.2) is 5.78 Å². The minimum atomic E-state index is -0.399. The van der Waals surface area contributed by atoms with Crippen molar-refractivity contribution in [1.82, 2.24) is 4.98 Å². The maximum Gasteiger partial charge on any atom is 0.195 e. The Morgan fingerprint density at radius 1 is 1.10 bits per heavy atom. The van der Waals surface area contributed by atoms with Crippen LogP contribution in [-0.4, -0.2) is 10.8 Å². The Kier molecular flexibility index (Phi) is 2.90. The molecule has 0 unspecified atom stereocenters. The number of H-pyrrole nitrogens is 1. The first-order chi connectivity index (χ1) is 9.56. The molecule has 2 nitrogen and oxygen atoms in total. The van der Waals surface area contributed by atoms with Crippen LogP contribution in [0.15, 0.2) is 42.5 Å². The molecule has 3 heteroatoms. The molecule has 0 aliphatic heterocycles. The summed E-state index contributed by atoms with van der Waals surface area (Å²) in [5.41, 5.74) is 3.81. The molecule has 1 heterocycles. The minimum Gasteiger partial charge on any atom is -0.358 e. The van der Waals surface area contributed by atoms with Gasteiger partial charge in [-0.2, -0.15) is 0 Å². The van der Waals surface area contributed by atoms with Crippen LogP contribution in [0.4, 0.5) is 4.39 Å². The molecule has 3 rings (SSSR count). The lowest BCUT2D eigenvalue weighted by Gasteiger charge is -2.02. The highest BCUT2D eigenvalue weighted by Crippen LogP contribution is 2.26. The second-order valence-electron chi connectivity index (χ2n) is 5.01. The summed E-state index contributed by atoms with van der Waals surface area (Å²) < 4.78 is 13.3. The SMILES string of the molecule is Cc1ccc2[nH]c(C)c(C(=O)c3cccc(F)c3)c2c1. The predicted octanol–water partition coefficient (Wildman–Crippen LogP) is 4.15. The molecule has 0 amide bonds. The summed E-state index contributed by atoms with van der Waals surface area (Å²) in [5, 5.41) is 0.886. The molecule has 0 atom stereocenters. The van der Waals surface area contributed by atoms with E-state index in [4.69, 9.17) is 0 Å². The third-order valence-corrected chi connectivity index (χ3v) is 3.46. The third-order valence-electron chi connectivity index (χ3n) is 3.46. The molecule has 0 saturated heterocycles. The van der Waals surface area contributed by atoms with Crippen molar-refractivity contribution in [3.63, 3.8) is 0 Å². The Balaban J connectivity index is 2.21. The highest BCUT2D eigenvalue weighted by atomic mass is 19.1. The fraction of sp³-hybridized carbons (Fsp3) is 0.118. The number of fused-ring (bicyclic) bond motifs is 1. The monoisotopic (exact) mass is 267 g/mol. The van der Waals surface area contributed by atoms with Gasteiger partial charge in [-0.3, -0.25) is 4.79 Å². The summed E-state index contributed by atoms with van der Waals surface area (Å²) in [6.07, 6.45) is 0. The van der Waals surface area contributed by atoms with Crippen LogP contribution in [0.5, 0.6) is 0 Å². The van der Waals surface area contributed by atoms with Gasteiger partial charge in [-0.05, 0) is 38.1 Å². The number of carbonyl (C=O) groups is 1. The summed E-state index contributed by atoms with van der Waals surface area (Å²) in [4.78, 5) is 15.8. The molecule has 100 valence electrons. The molecular weight excluding hydrogens is 253 g/mol. The van der Waals surface area contributed by atoms with Crippen LogP contribution in [0.2, 0.25) is 0 Å². The number of carbonyl (C=O) groups excluding carboxylic acids is 1. The first-order valence-electron chi connectivity index (χ1n) is 6.45. The molecule has 0 radical (unpaired) electrons. The van der Waals surface area contributed by atoms with E-state index in [1.54, 1.807) is 12.1 Å². The first-order valence-corrected chi connectivity index (χ1v) is 6.45. The summed E-state index contributed by atoms with van der Waals surface area (Å²) in [5.74, 6) is -0.552. The fourth-order valence-corrected chi connectivity index (χ4v) is 2.51. The molecule has 20 heavy (non-hydrogen) atoms. The van der Waals surface area contributed by atoms with Crippen molar-refractivity contribution in [2.45, 2.75) is 13.8 Å². The van der Waals surface area contributed by atoms with E-state index in [1.807, 2.05) is 32.0 Å². The van der Waals surface area contributed by atoms with E-state index < -0.39 is 5.82 Å². The average Bonchev–Trinajstić information content (AvgIpc) is 2.73. The number of benzene rings is 2. The maximum absolute atomic E-state index is 13.3. The van der Waals surface area contributed by atoms with Gasteiger partial charge in [0.2, 0.25) is 0 Å². The number of aromatic amines is 1. The predicted molar refractivity (Wildman–Crippen MR) is 77.6 cm³/mol. The normalized spacial score (nSPS) is 10.9. The van der Waals surface area contributed by atoms with Crippen LogP contribution in [0, 0.1) is 19.7 Å². The standard InChI is InChI=1S/C17H14FNO/c1-10-6-7-15-14(8-10)16(11(2)19-15)17(20)12-4-3-5-13(18)9-12/h3-9,19H,1-2H3. The topological polar surface area (TPSA) is 32.9 Å². The second-order valence-corrected chi connectivity index (χ2v) is 5.01. The molecule has 1 aromatic heterocycles. The van der Waals surface area contributed by atoms with Crippen LogP contribution in [0.3, 0.4) is 0 Å². The smallest absolute Gasteiger partial charge is 0.195 e. The lowest BCUT2D eigenvalue weighted by molar-refractivity contribution is 0.103. The molecule has 0 saturated carbocycles. The number of aromatic nitrogens is 1. The molecule has 0 spiro atoms.